The summed E-state index contributed by atoms with van der Waals surface area (Å²) in [5.74, 6) is -1.02. The number of thiophene rings is 1. The van der Waals surface area contributed by atoms with E-state index in [2.05, 4.69) is 4.72 Å². The number of nitrogens with one attached hydrogen (secondary N) is 1. The van der Waals surface area contributed by atoms with Crippen molar-refractivity contribution in [2.75, 3.05) is 6.54 Å². The lowest BCUT2D eigenvalue weighted by Gasteiger charge is -2.29. The summed E-state index contributed by atoms with van der Waals surface area (Å²) in [6.45, 7) is -0.221. The number of rotatable bonds is 6. The van der Waals surface area contributed by atoms with E-state index in [1.807, 2.05) is 0 Å². The van der Waals surface area contributed by atoms with Crippen LogP contribution >= 0.6 is 11.3 Å². The van der Waals surface area contributed by atoms with Crippen LogP contribution in [0.5, 0.6) is 0 Å². The average molecular weight is 335 g/mol. The summed E-state index contributed by atoms with van der Waals surface area (Å²) >= 11 is 0.900. The maximum Gasteiger partial charge on any atom is 0.308 e. The topological polar surface area (TPSA) is 83.5 Å². The van der Waals surface area contributed by atoms with Gasteiger partial charge in [0.2, 0.25) is 10.0 Å². The standard InChI is InChI=1S/C13H18FNO4S2/c14-13(6-2-1-3-7-13)9-15-21(18,19)12-5-4-10(20-12)8-11(16)17/h4-5,15H,1-3,6-9H2,(H,16,17). The van der Waals surface area contributed by atoms with Crippen molar-refractivity contribution in [3.63, 3.8) is 0 Å². The second-order valence-corrected chi connectivity index (χ2v) is 8.49. The number of sulfonamides is 1. The second kappa shape index (κ2) is 6.41. The molecule has 1 aliphatic carbocycles. The maximum atomic E-state index is 14.4. The number of halogens is 1. The predicted molar refractivity (Wildman–Crippen MR) is 77.8 cm³/mol. The molecule has 0 bridgehead atoms. The summed E-state index contributed by atoms with van der Waals surface area (Å²) < 4.78 is 40.9. The normalized spacial score (nSPS) is 18.5. The van der Waals surface area contributed by atoms with E-state index in [1.165, 1.54) is 12.1 Å². The third-order valence-electron chi connectivity index (χ3n) is 3.56. The first kappa shape index (κ1) is 16.4. The molecular weight excluding hydrogens is 317 g/mol. The number of hydrogen-bond acceptors (Lipinski definition) is 4. The van der Waals surface area contributed by atoms with E-state index in [1.54, 1.807) is 0 Å². The van der Waals surface area contributed by atoms with Gasteiger partial charge in [-0.05, 0) is 25.0 Å². The van der Waals surface area contributed by atoms with E-state index in [9.17, 15) is 17.6 Å². The Hall–Kier alpha value is -0.990. The van der Waals surface area contributed by atoms with Crippen molar-refractivity contribution in [2.45, 2.75) is 48.4 Å². The highest BCUT2D eigenvalue weighted by Crippen LogP contribution is 2.31. The molecule has 2 rings (SSSR count). The quantitative estimate of drug-likeness (QED) is 0.836. The number of carbonyl (C=O) groups is 1. The molecule has 0 aliphatic heterocycles. The summed E-state index contributed by atoms with van der Waals surface area (Å²) in [6.07, 6.45) is 3.09. The summed E-state index contributed by atoms with van der Waals surface area (Å²) in [5.41, 5.74) is -1.47. The van der Waals surface area contributed by atoms with E-state index in [0.29, 0.717) is 17.7 Å². The van der Waals surface area contributed by atoms with Gasteiger partial charge in [-0.2, -0.15) is 0 Å². The van der Waals surface area contributed by atoms with Crippen LogP contribution in [0.3, 0.4) is 0 Å². The van der Waals surface area contributed by atoms with Crippen LogP contribution in [0.1, 0.15) is 37.0 Å². The SMILES string of the molecule is O=C(O)Cc1ccc(S(=O)(=O)NCC2(F)CCCCC2)s1. The zero-order chi connectivity index (χ0) is 15.5. The number of carboxylic acid groups (broad SMARTS) is 1. The Bertz CT molecular complexity index is 605. The van der Waals surface area contributed by atoms with Gasteiger partial charge in [0.15, 0.2) is 0 Å². The molecule has 1 fully saturated rings. The monoisotopic (exact) mass is 335 g/mol. The maximum absolute atomic E-state index is 14.4. The first-order valence-corrected chi connectivity index (χ1v) is 9.10. The van der Waals surface area contributed by atoms with E-state index < -0.39 is 21.7 Å². The Morgan fingerprint density at radius 1 is 1.33 bits per heavy atom. The Morgan fingerprint density at radius 2 is 2.00 bits per heavy atom. The zero-order valence-corrected chi connectivity index (χ0v) is 13.1. The van der Waals surface area contributed by atoms with Gasteiger partial charge in [-0.1, -0.05) is 19.3 Å². The van der Waals surface area contributed by atoms with Crippen LogP contribution in [0.4, 0.5) is 4.39 Å². The van der Waals surface area contributed by atoms with Crippen molar-refractivity contribution < 1.29 is 22.7 Å². The van der Waals surface area contributed by atoms with Crippen molar-refractivity contribution in [1.29, 1.82) is 0 Å². The highest BCUT2D eigenvalue weighted by Gasteiger charge is 2.33. The largest absolute Gasteiger partial charge is 0.481 e. The van der Waals surface area contributed by atoms with Gasteiger partial charge < -0.3 is 5.11 Å². The molecule has 0 radical (unpaired) electrons. The van der Waals surface area contributed by atoms with Gasteiger partial charge >= 0.3 is 5.97 Å². The minimum absolute atomic E-state index is 0.0261. The first-order valence-electron chi connectivity index (χ1n) is 6.80. The van der Waals surface area contributed by atoms with E-state index in [0.717, 1.165) is 30.6 Å². The van der Waals surface area contributed by atoms with Crippen LogP contribution in [-0.4, -0.2) is 31.7 Å². The van der Waals surface area contributed by atoms with Crippen LogP contribution in [0.2, 0.25) is 0 Å². The van der Waals surface area contributed by atoms with Crippen molar-refractivity contribution in [2.24, 2.45) is 0 Å². The fourth-order valence-electron chi connectivity index (χ4n) is 2.40. The lowest BCUT2D eigenvalue weighted by molar-refractivity contribution is -0.136. The number of aliphatic carboxylic acids is 1. The fourth-order valence-corrected chi connectivity index (χ4v) is 4.91. The molecule has 118 valence electrons. The number of hydrogen-bond donors (Lipinski definition) is 2. The molecule has 2 N–H and O–H groups in total. The highest BCUT2D eigenvalue weighted by atomic mass is 32.2. The minimum atomic E-state index is -3.78. The molecule has 1 aromatic heterocycles. The molecule has 1 saturated carbocycles. The molecule has 5 nitrogen and oxygen atoms in total. The van der Waals surface area contributed by atoms with Gasteiger partial charge in [-0.3, -0.25) is 4.79 Å². The van der Waals surface area contributed by atoms with Crippen molar-refractivity contribution in [3.05, 3.63) is 17.0 Å². The summed E-state index contributed by atoms with van der Waals surface area (Å²) in [5, 5.41) is 8.68. The van der Waals surface area contributed by atoms with E-state index >= 15 is 0 Å². The van der Waals surface area contributed by atoms with Crippen molar-refractivity contribution in [1.82, 2.24) is 4.72 Å². The van der Waals surface area contributed by atoms with Gasteiger partial charge in [-0.15, -0.1) is 11.3 Å². The second-order valence-electron chi connectivity index (χ2n) is 5.33. The summed E-state index contributed by atoms with van der Waals surface area (Å²) in [7, 11) is -3.78. The van der Waals surface area contributed by atoms with Crippen molar-refractivity contribution >= 4 is 27.3 Å². The van der Waals surface area contributed by atoms with Gasteiger partial charge in [0.1, 0.15) is 9.88 Å². The predicted octanol–water partition coefficient (Wildman–Crippen LogP) is 2.33. The molecule has 21 heavy (non-hydrogen) atoms. The van der Waals surface area contributed by atoms with Gasteiger partial charge in [0, 0.05) is 11.4 Å². The molecule has 0 unspecified atom stereocenters. The zero-order valence-electron chi connectivity index (χ0n) is 11.5. The fraction of sp³-hybridized carbons (Fsp3) is 0.615. The molecule has 1 aromatic rings. The van der Waals surface area contributed by atoms with Crippen LogP contribution in [-0.2, 0) is 21.2 Å². The smallest absolute Gasteiger partial charge is 0.308 e. The molecule has 0 spiro atoms. The summed E-state index contributed by atoms with van der Waals surface area (Å²) in [4.78, 5) is 11.0. The number of carboxylic acids is 1. The minimum Gasteiger partial charge on any atom is -0.481 e. The average Bonchev–Trinajstić information content (AvgIpc) is 2.86. The Labute approximate surface area is 127 Å². The number of alkyl halides is 1. The molecule has 0 aromatic carbocycles. The van der Waals surface area contributed by atoms with Crippen molar-refractivity contribution in [3.8, 4) is 0 Å². The van der Waals surface area contributed by atoms with Gasteiger partial charge in [0.25, 0.3) is 0 Å². The Kier molecular flexibility index (Phi) is 5.00. The Balaban J connectivity index is 2.01. The van der Waals surface area contributed by atoms with Crippen LogP contribution in [0, 0.1) is 0 Å². The van der Waals surface area contributed by atoms with Gasteiger partial charge in [0.05, 0.1) is 6.42 Å². The third kappa shape index (κ3) is 4.49. The molecule has 0 amide bonds. The lowest BCUT2D eigenvalue weighted by atomic mass is 9.87. The van der Waals surface area contributed by atoms with Crippen LogP contribution in [0.15, 0.2) is 16.3 Å². The Morgan fingerprint density at radius 3 is 2.62 bits per heavy atom. The van der Waals surface area contributed by atoms with E-state index in [4.69, 9.17) is 5.11 Å². The summed E-state index contributed by atoms with van der Waals surface area (Å²) in [6, 6.07) is 2.83. The van der Waals surface area contributed by atoms with E-state index in [-0.39, 0.29) is 17.2 Å². The third-order valence-corrected chi connectivity index (χ3v) is 6.53. The molecule has 0 atom stereocenters. The molecule has 1 heterocycles. The molecule has 8 heteroatoms. The molecular formula is C13H18FNO4S2. The molecule has 1 aliphatic rings. The lowest BCUT2D eigenvalue weighted by Crippen LogP contribution is -2.40. The van der Waals surface area contributed by atoms with Crippen LogP contribution < -0.4 is 4.72 Å². The molecule has 0 saturated heterocycles. The van der Waals surface area contributed by atoms with Crippen LogP contribution in [0.25, 0.3) is 0 Å². The van der Waals surface area contributed by atoms with Gasteiger partial charge in [-0.25, -0.2) is 17.5 Å². The first-order chi connectivity index (χ1) is 9.81. The highest BCUT2D eigenvalue weighted by molar-refractivity contribution is 7.91.